The first-order valence-electron chi connectivity index (χ1n) is 13.3. The Morgan fingerprint density at radius 3 is 2.23 bits per heavy atom. The highest BCUT2D eigenvalue weighted by Gasteiger charge is 2.56. The maximum absolute atomic E-state index is 13.9. The molecular formula is C27H32F3N5O4. The molecule has 0 spiro atoms. The van der Waals surface area contributed by atoms with E-state index in [0.717, 1.165) is 48.5 Å². The second-order valence-corrected chi connectivity index (χ2v) is 11.4. The van der Waals surface area contributed by atoms with Crippen LogP contribution in [0.15, 0.2) is 30.6 Å². The number of carboxylic acids is 1. The Kier molecular flexibility index (Phi) is 7.15. The highest BCUT2D eigenvalue weighted by molar-refractivity contribution is 5.92. The van der Waals surface area contributed by atoms with E-state index in [1.165, 1.54) is 19.3 Å². The first-order chi connectivity index (χ1) is 18.4. The Hall–Kier alpha value is -3.44. The average Bonchev–Trinajstić information content (AvgIpc) is 3.32. The largest absolute Gasteiger partial charge is 0.490 e. The number of amides is 2. The van der Waals surface area contributed by atoms with Crippen LogP contribution >= 0.6 is 0 Å². The molecule has 3 heterocycles. The number of nitrogens with zero attached hydrogens (tertiary/aromatic N) is 4. The molecule has 0 radical (unpaired) electrons. The first kappa shape index (κ1) is 27.1. The fraction of sp³-hybridized carbons (Fsp3) is 0.593. The topological polar surface area (TPSA) is 117 Å². The minimum Gasteiger partial charge on any atom is -0.475 e. The molecule has 4 saturated carbocycles. The Labute approximate surface area is 223 Å². The van der Waals surface area contributed by atoms with Gasteiger partial charge in [0.25, 0.3) is 5.91 Å². The van der Waals surface area contributed by atoms with Crippen molar-refractivity contribution in [1.29, 1.82) is 0 Å². The maximum Gasteiger partial charge on any atom is 0.490 e. The van der Waals surface area contributed by atoms with Gasteiger partial charge >= 0.3 is 12.1 Å². The smallest absolute Gasteiger partial charge is 0.475 e. The van der Waals surface area contributed by atoms with Gasteiger partial charge in [-0.05, 0) is 75.3 Å². The second-order valence-electron chi connectivity index (χ2n) is 11.4. The fourth-order valence-electron chi connectivity index (χ4n) is 7.32. The predicted molar refractivity (Wildman–Crippen MR) is 132 cm³/mol. The van der Waals surface area contributed by atoms with Crippen LogP contribution in [0, 0.1) is 23.2 Å². The zero-order valence-electron chi connectivity index (χ0n) is 21.7. The monoisotopic (exact) mass is 547 g/mol. The summed E-state index contributed by atoms with van der Waals surface area (Å²) in [6.45, 7) is 3.82. The molecule has 1 unspecified atom stereocenters. The summed E-state index contributed by atoms with van der Waals surface area (Å²) in [4.78, 5) is 46.4. The van der Waals surface area contributed by atoms with Crippen LogP contribution in [0.2, 0.25) is 0 Å². The van der Waals surface area contributed by atoms with E-state index in [0.29, 0.717) is 31.2 Å². The molecule has 210 valence electrons. The lowest BCUT2D eigenvalue weighted by Gasteiger charge is -2.57. The van der Waals surface area contributed by atoms with E-state index >= 15 is 0 Å². The summed E-state index contributed by atoms with van der Waals surface area (Å²) in [7, 11) is 0. The molecule has 9 nitrogen and oxygen atoms in total. The van der Waals surface area contributed by atoms with E-state index < -0.39 is 12.1 Å². The number of pyridine rings is 1. The van der Waals surface area contributed by atoms with Crippen LogP contribution in [-0.4, -0.2) is 55.0 Å². The number of carboxylic acid groups (broad SMARTS) is 1. The number of rotatable bonds is 4. The third-order valence-electron chi connectivity index (χ3n) is 8.61. The van der Waals surface area contributed by atoms with Crippen LogP contribution in [-0.2, 0) is 22.7 Å². The molecule has 0 aromatic carbocycles. The van der Waals surface area contributed by atoms with Gasteiger partial charge in [0.2, 0.25) is 5.91 Å². The van der Waals surface area contributed by atoms with E-state index in [2.05, 4.69) is 27.1 Å². The minimum absolute atomic E-state index is 0.110. The number of alkyl halides is 3. The molecule has 1 atom stereocenters. The van der Waals surface area contributed by atoms with Crippen LogP contribution in [0.3, 0.4) is 0 Å². The van der Waals surface area contributed by atoms with Crippen molar-refractivity contribution in [3.05, 3.63) is 47.8 Å². The van der Waals surface area contributed by atoms with Gasteiger partial charge in [-0.1, -0.05) is 6.07 Å². The summed E-state index contributed by atoms with van der Waals surface area (Å²) < 4.78 is 33.8. The van der Waals surface area contributed by atoms with Crippen molar-refractivity contribution in [3.63, 3.8) is 0 Å². The number of halogens is 3. The number of fused-ring (bicyclic) bond motifs is 1. The highest BCUT2D eigenvalue weighted by Crippen LogP contribution is 2.61. The molecular weight excluding hydrogens is 515 g/mol. The molecule has 4 fully saturated rings. The van der Waals surface area contributed by atoms with Crippen molar-refractivity contribution in [2.75, 3.05) is 6.54 Å². The molecule has 1 aliphatic heterocycles. The van der Waals surface area contributed by atoms with Crippen LogP contribution < -0.4 is 5.32 Å². The van der Waals surface area contributed by atoms with Gasteiger partial charge in [-0.3, -0.25) is 14.6 Å². The van der Waals surface area contributed by atoms with Crippen LogP contribution in [0.1, 0.15) is 73.5 Å². The van der Waals surface area contributed by atoms with Gasteiger partial charge in [0.1, 0.15) is 11.5 Å². The normalized spacial score (nSPS) is 28.8. The van der Waals surface area contributed by atoms with Gasteiger partial charge in [-0.2, -0.15) is 13.2 Å². The molecule has 0 saturated heterocycles. The lowest BCUT2D eigenvalue weighted by atomic mass is 9.49. The van der Waals surface area contributed by atoms with Gasteiger partial charge in [-0.15, -0.1) is 0 Å². The van der Waals surface area contributed by atoms with E-state index in [1.54, 1.807) is 6.20 Å². The van der Waals surface area contributed by atoms with Crippen LogP contribution in [0.5, 0.6) is 0 Å². The number of aliphatic carboxylic acids is 1. The second kappa shape index (κ2) is 10.3. The molecule has 12 heteroatoms. The van der Waals surface area contributed by atoms with Crippen LogP contribution in [0.4, 0.5) is 13.2 Å². The van der Waals surface area contributed by atoms with E-state index in [4.69, 9.17) is 9.90 Å². The standard InChI is InChI=1S/C25H31N5O2.C2HF3O2/c1-16-22-28-21(23(31)27-14-20-4-2-3-5-26-20)15-29(22)6-7-30(16)24(32)25-11-17-8-18(12-25)10-19(9-17)13-25;3-2(4,5)1(6)7/h2-5,15-19H,6-14H2,1H3,(H,27,31);(H,6,7). The van der Waals surface area contributed by atoms with E-state index in [9.17, 15) is 22.8 Å². The number of imidazole rings is 1. The predicted octanol–water partition coefficient (Wildman–Crippen LogP) is 3.96. The van der Waals surface area contributed by atoms with Gasteiger partial charge < -0.3 is 19.9 Å². The van der Waals surface area contributed by atoms with Crippen molar-refractivity contribution in [2.45, 2.75) is 70.8 Å². The summed E-state index contributed by atoms with van der Waals surface area (Å²) in [5.41, 5.74) is 1.08. The van der Waals surface area contributed by atoms with Crippen molar-refractivity contribution in [1.82, 2.24) is 24.8 Å². The molecule has 7 rings (SSSR count). The van der Waals surface area contributed by atoms with E-state index in [-0.39, 0.29) is 17.4 Å². The molecule has 2 amide bonds. The molecule has 4 bridgehead atoms. The molecule has 5 aliphatic rings. The number of hydrogen-bond acceptors (Lipinski definition) is 5. The van der Waals surface area contributed by atoms with Crippen molar-refractivity contribution >= 4 is 17.8 Å². The van der Waals surface area contributed by atoms with E-state index in [1.807, 2.05) is 29.0 Å². The van der Waals surface area contributed by atoms with Crippen molar-refractivity contribution in [2.24, 2.45) is 23.2 Å². The Bertz CT molecular complexity index is 1210. The fourth-order valence-corrected chi connectivity index (χ4v) is 7.32. The number of carbonyl (C=O) groups is 3. The third-order valence-corrected chi connectivity index (χ3v) is 8.61. The summed E-state index contributed by atoms with van der Waals surface area (Å²) in [5.74, 6) is 0.457. The Morgan fingerprint density at radius 1 is 1.08 bits per heavy atom. The highest BCUT2D eigenvalue weighted by atomic mass is 19.4. The lowest BCUT2D eigenvalue weighted by molar-refractivity contribution is -0.192. The summed E-state index contributed by atoms with van der Waals surface area (Å²) in [6.07, 6.45) is 5.71. The summed E-state index contributed by atoms with van der Waals surface area (Å²) in [5, 5.41) is 10.0. The molecule has 39 heavy (non-hydrogen) atoms. The zero-order chi connectivity index (χ0) is 27.9. The molecule has 2 N–H and O–H groups in total. The maximum atomic E-state index is 13.9. The summed E-state index contributed by atoms with van der Waals surface area (Å²) >= 11 is 0. The number of aromatic nitrogens is 3. The van der Waals surface area contributed by atoms with Gasteiger partial charge in [0.05, 0.1) is 23.7 Å². The third kappa shape index (κ3) is 5.51. The van der Waals surface area contributed by atoms with Crippen molar-refractivity contribution < 1.29 is 32.7 Å². The molecule has 4 aliphatic carbocycles. The number of hydrogen-bond donors (Lipinski definition) is 2. The number of nitrogens with one attached hydrogen (secondary N) is 1. The SMILES string of the molecule is CC1c2nc(C(=O)NCc3ccccn3)cn2CCN1C(=O)C12CC3CC(CC(C3)C1)C2.O=C(O)C(F)(F)F. The van der Waals surface area contributed by atoms with Gasteiger partial charge in [0, 0.05) is 25.5 Å². The lowest BCUT2D eigenvalue weighted by Crippen LogP contribution is -2.56. The Balaban J connectivity index is 0.000000392. The van der Waals surface area contributed by atoms with Gasteiger partial charge in [-0.25, -0.2) is 9.78 Å². The van der Waals surface area contributed by atoms with Gasteiger partial charge in [0.15, 0.2) is 0 Å². The molecule has 2 aromatic rings. The zero-order valence-corrected chi connectivity index (χ0v) is 21.7. The molecule has 2 aromatic heterocycles. The number of carbonyl (C=O) groups excluding carboxylic acids is 2. The first-order valence-corrected chi connectivity index (χ1v) is 13.3. The Morgan fingerprint density at radius 2 is 1.69 bits per heavy atom. The average molecular weight is 548 g/mol. The quantitative estimate of drug-likeness (QED) is 0.599. The van der Waals surface area contributed by atoms with Crippen molar-refractivity contribution in [3.8, 4) is 0 Å². The minimum atomic E-state index is -5.08. The summed E-state index contributed by atoms with van der Waals surface area (Å²) in [6, 6.07) is 5.53. The van der Waals surface area contributed by atoms with Crippen LogP contribution in [0.25, 0.3) is 0 Å².